The van der Waals surface area contributed by atoms with Crippen molar-refractivity contribution in [3.05, 3.63) is 59.1 Å². The van der Waals surface area contributed by atoms with Gasteiger partial charge in [0.15, 0.2) is 5.78 Å². The topological polar surface area (TPSA) is 32.8 Å². The van der Waals surface area contributed by atoms with Crippen LogP contribution in [0.25, 0.3) is 0 Å². The lowest BCUT2D eigenvalue weighted by Gasteiger charge is -2.31. The molecule has 1 heterocycles. The Hall–Kier alpha value is -1.88. The molecule has 5 heteroatoms. The highest BCUT2D eigenvalue weighted by Gasteiger charge is 2.17. The highest BCUT2D eigenvalue weighted by molar-refractivity contribution is 6.30. The lowest BCUT2D eigenvalue weighted by Crippen LogP contribution is -2.46. The summed E-state index contributed by atoms with van der Waals surface area (Å²) in [5.41, 5.74) is 0.720. The maximum absolute atomic E-state index is 12.4. The maximum Gasteiger partial charge on any atom is 0.176 e. The molecular weight excluding hydrogens is 324 g/mol. The number of piperazine rings is 1. The highest BCUT2D eigenvalue weighted by Crippen LogP contribution is 2.23. The second-order valence-electron chi connectivity index (χ2n) is 6.08. The second-order valence-corrected chi connectivity index (χ2v) is 6.52. The smallest absolute Gasteiger partial charge is 0.176 e. The number of hydrogen-bond donors (Lipinski definition) is 0. The van der Waals surface area contributed by atoms with E-state index in [1.54, 1.807) is 12.1 Å². The summed E-state index contributed by atoms with van der Waals surface area (Å²) in [5.74, 6) is 1.57. The molecule has 2 aromatic carbocycles. The van der Waals surface area contributed by atoms with Crippen molar-refractivity contribution < 1.29 is 9.53 Å². The van der Waals surface area contributed by atoms with E-state index in [-0.39, 0.29) is 5.78 Å². The summed E-state index contributed by atoms with van der Waals surface area (Å²) >= 11 is 5.86. The van der Waals surface area contributed by atoms with Crippen LogP contribution in [0.3, 0.4) is 0 Å². The van der Waals surface area contributed by atoms with Crippen LogP contribution in [0, 0.1) is 0 Å². The van der Waals surface area contributed by atoms with Gasteiger partial charge in [-0.1, -0.05) is 11.6 Å². The number of Topliss-reactive ketones (excluding diaryl/α,β-unsaturated/α-hetero) is 1. The molecule has 1 fully saturated rings. The van der Waals surface area contributed by atoms with Crippen molar-refractivity contribution in [2.24, 2.45) is 0 Å². The minimum Gasteiger partial charge on any atom is -0.457 e. The summed E-state index contributed by atoms with van der Waals surface area (Å²) in [7, 11) is 2.11. The third-order valence-corrected chi connectivity index (χ3v) is 4.44. The Balaban J connectivity index is 1.57. The van der Waals surface area contributed by atoms with Crippen molar-refractivity contribution in [3.8, 4) is 11.5 Å². The molecule has 24 heavy (non-hydrogen) atoms. The van der Waals surface area contributed by atoms with Crippen molar-refractivity contribution in [2.75, 3.05) is 39.8 Å². The molecule has 0 radical (unpaired) electrons. The number of halogens is 1. The number of ketones is 1. The number of likely N-dealkylation sites (N-methyl/N-ethyl adjacent to an activating group) is 1. The van der Waals surface area contributed by atoms with Crippen LogP contribution >= 0.6 is 11.6 Å². The van der Waals surface area contributed by atoms with Crippen LogP contribution in [0.15, 0.2) is 48.5 Å². The fourth-order valence-corrected chi connectivity index (χ4v) is 2.77. The molecular formula is C19H21ClN2O2. The van der Waals surface area contributed by atoms with E-state index < -0.39 is 0 Å². The molecule has 0 amide bonds. The average Bonchev–Trinajstić information content (AvgIpc) is 2.59. The molecule has 1 aliphatic heterocycles. The molecule has 1 saturated heterocycles. The van der Waals surface area contributed by atoms with Gasteiger partial charge >= 0.3 is 0 Å². The summed E-state index contributed by atoms with van der Waals surface area (Å²) < 4.78 is 5.74. The standard InChI is InChI=1S/C19H21ClN2O2/c1-21-10-12-22(13-11-21)14-19(23)15-2-6-17(7-3-15)24-18-8-4-16(20)5-9-18/h2-9H,10-14H2,1H3. The van der Waals surface area contributed by atoms with Crippen molar-refractivity contribution in [1.82, 2.24) is 9.80 Å². The van der Waals surface area contributed by atoms with Crippen LogP contribution in [-0.4, -0.2) is 55.4 Å². The molecule has 0 spiro atoms. The number of hydrogen-bond acceptors (Lipinski definition) is 4. The van der Waals surface area contributed by atoms with Gasteiger partial charge in [-0.15, -0.1) is 0 Å². The zero-order valence-electron chi connectivity index (χ0n) is 13.7. The molecule has 0 aromatic heterocycles. The van der Waals surface area contributed by atoms with Crippen LogP contribution in [0.1, 0.15) is 10.4 Å². The van der Waals surface area contributed by atoms with Crippen molar-refractivity contribution >= 4 is 17.4 Å². The maximum atomic E-state index is 12.4. The normalized spacial score (nSPS) is 16.1. The Morgan fingerprint density at radius 1 is 0.958 bits per heavy atom. The molecule has 0 unspecified atom stereocenters. The Morgan fingerprint density at radius 3 is 2.08 bits per heavy atom. The van der Waals surface area contributed by atoms with Crippen LogP contribution in [0.4, 0.5) is 0 Å². The van der Waals surface area contributed by atoms with Crippen LogP contribution < -0.4 is 4.74 Å². The predicted molar refractivity (Wildman–Crippen MR) is 96.2 cm³/mol. The molecule has 126 valence electrons. The van der Waals surface area contributed by atoms with Crippen molar-refractivity contribution in [3.63, 3.8) is 0 Å². The summed E-state index contributed by atoms with van der Waals surface area (Å²) in [6.07, 6.45) is 0. The Bertz CT molecular complexity index is 678. The fourth-order valence-electron chi connectivity index (χ4n) is 2.65. The monoisotopic (exact) mass is 344 g/mol. The van der Waals surface area contributed by atoms with Gasteiger partial charge in [-0.25, -0.2) is 0 Å². The van der Waals surface area contributed by atoms with Gasteiger partial charge in [0.25, 0.3) is 0 Å². The number of ether oxygens (including phenoxy) is 1. The van der Waals surface area contributed by atoms with E-state index in [4.69, 9.17) is 16.3 Å². The molecule has 0 N–H and O–H groups in total. The molecule has 0 saturated carbocycles. The lowest BCUT2D eigenvalue weighted by molar-refractivity contribution is 0.0876. The predicted octanol–water partition coefficient (Wildman–Crippen LogP) is 3.56. The summed E-state index contributed by atoms with van der Waals surface area (Å²) in [6, 6.07) is 14.5. The van der Waals surface area contributed by atoms with E-state index in [1.165, 1.54) is 0 Å². The van der Waals surface area contributed by atoms with E-state index in [1.807, 2.05) is 36.4 Å². The zero-order chi connectivity index (χ0) is 16.9. The minimum atomic E-state index is 0.151. The molecule has 3 rings (SSSR count). The summed E-state index contributed by atoms with van der Waals surface area (Å²) in [6.45, 7) is 4.40. The zero-order valence-corrected chi connectivity index (χ0v) is 14.5. The Kier molecular flexibility index (Phi) is 5.51. The van der Waals surface area contributed by atoms with Crippen LogP contribution in [0.5, 0.6) is 11.5 Å². The number of benzene rings is 2. The Morgan fingerprint density at radius 2 is 1.50 bits per heavy atom. The van der Waals surface area contributed by atoms with E-state index >= 15 is 0 Å². The third kappa shape index (κ3) is 4.57. The molecule has 0 aliphatic carbocycles. The average molecular weight is 345 g/mol. The van der Waals surface area contributed by atoms with Crippen LogP contribution in [-0.2, 0) is 0 Å². The highest BCUT2D eigenvalue weighted by atomic mass is 35.5. The quantitative estimate of drug-likeness (QED) is 0.776. The number of nitrogens with zero attached hydrogens (tertiary/aromatic N) is 2. The van der Waals surface area contributed by atoms with Gasteiger partial charge in [0.1, 0.15) is 11.5 Å². The second kappa shape index (κ2) is 7.79. The van der Waals surface area contributed by atoms with E-state index in [0.29, 0.717) is 17.3 Å². The third-order valence-electron chi connectivity index (χ3n) is 4.19. The Labute approximate surface area is 147 Å². The van der Waals surface area contributed by atoms with Gasteiger partial charge in [0.2, 0.25) is 0 Å². The van der Waals surface area contributed by atoms with E-state index in [0.717, 1.165) is 37.5 Å². The van der Waals surface area contributed by atoms with E-state index in [9.17, 15) is 4.79 Å². The molecule has 2 aromatic rings. The van der Waals surface area contributed by atoms with Crippen molar-refractivity contribution in [1.29, 1.82) is 0 Å². The molecule has 0 atom stereocenters. The fraction of sp³-hybridized carbons (Fsp3) is 0.316. The van der Waals surface area contributed by atoms with Gasteiger partial charge in [-0.2, -0.15) is 0 Å². The lowest BCUT2D eigenvalue weighted by atomic mass is 10.1. The van der Waals surface area contributed by atoms with Gasteiger partial charge in [0, 0.05) is 36.8 Å². The van der Waals surface area contributed by atoms with Crippen LogP contribution in [0.2, 0.25) is 5.02 Å². The van der Waals surface area contributed by atoms with E-state index in [2.05, 4.69) is 16.8 Å². The minimum absolute atomic E-state index is 0.151. The van der Waals surface area contributed by atoms with Gasteiger partial charge in [-0.3, -0.25) is 9.69 Å². The number of carbonyl (C=O) groups is 1. The number of carbonyl (C=O) groups excluding carboxylic acids is 1. The first-order valence-corrected chi connectivity index (χ1v) is 8.45. The summed E-state index contributed by atoms with van der Waals surface area (Å²) in [4.78, 5) is 16.9. The van der Waals surface area contributed by atoms with Crippen molar-refractivity contribution in [2.45, 2.75) is 0 Å². The summed E-state index contributed by atoms with van der Waals surface area (Å²) in [5, 5.41) is 0.673. The molecule has 4 nitrogen and oxygen atoms in total. The largest absolute Gasteiger partial charge is 0.457 e. The number of rotatable bonds is 5. The molecule has 0 bridgehead atoms. The first-order valence-electron chi connectivity index (χ1n) is 8.08. The SMILES string of the molecule is CN1CCN(CC(=O)c2ccc(Oc3ccc(Cl)cc3)cc2)CC1. The van der Waals surface area contributed by atoms with Gasteiger partial charge < -0.3 is 9.64 Å². The van der Waals surface area contributed by atoms with Gasteiger partial charge in [-0.05, 0) is 55.6 Å². The first-order chi connectivity index (χ1) is 11.6. The van der Waals surface area contributed by atoms with Gasteiger partial charge in [0.05, 0.1) is 6.54 Å². The first kappa shape index (κ1) is 17.0. The molecule has 1 aliphatic rings.